The third kappa shape index (κ3) is 2.09. The van der Waals surface area contributed by atoms with Gasteiger partial charge in [0.25, 0.3) is 5.69 Å². The number of nitro benzene ring substituents is 2. The van der Waals surface area contributed by atoms with Crippen molar-refractivity contribution in [2.24, 2.45) is 0 Å². The zero-order valence-electron chi connectivity index (χ0n) is 15.0. The first-order chi connectivity index (χ1) is 12.7. The molecule has 1 spiro atoms. The first kappa shape index (κ1) is 17.0. The van der Waals surface area contributed by atoms with Crippen LogP contribution in [-0.2, 0) is 5.41 Å². The predicted octanol–water partition coefficient (Wildman–Crippen LogP) is 4.03. The maximum Gasteiger partial charge on any atom is 0.318 e. The number of non-ortho nitro benzene ring substituents is 1. The summed E-state index contributed by atoms with van der Waals surface area (Å²) in [6.07, 6.45) is 3.49. The Morgan fingerprint density at radius 1 is 1.07 bits per heavy atom. The highest BCUT2D eigenvalue weighted by molar-refractivity contribution is 5.76. The molecule has 0 unspecified atom stereocenters. The van der Waals surface area contributed by atoms with Crippen LogP contribution < -0.4 is 9.64 Å². The van der Waals surface area contributed by atoms with E-state index in [0.717, 1.165) is 17.3 Å². The molecule has 8 heteroatoms. The minimum absolute atomic E-state index is 0.0424. The number of hydrogen-bond acceptors (Lipinski definition) is 6. The van der Waals surface area contributed by atoms with Gasteiger partial charge in [-0.05, 0) is 37.6 Å². The van der Waals surface area contributed by atoms with Crippen molar-refractivity contribution in [2.75, 3.05) is 11.9 Å². The van der Waals surface area contributed by atoms with Crippen molar-refractivity contribution >= 4 is 23.1 Å². The van der Waals surface area contributed by atoms with Gasteiger partial charge in [-0.3, -0.25) is 20.2 Å². The van der Waals surface area contributed by atoms with E-state index in [2.05, 4.69) is 0 Å². The van der Waals surface area contributed by atoms with Gasteiger partial charge in [0.05, 0.1) is 21.3 Å². The summed E-state index contributed by atoms with van der Waals surface area (Å²) in [5.41, 5.74) is 0.106. The molecule has 2 aromatic carbocycles. The monoisotopic (exact) mass is 367 g/mol. The lowest BCUT2D eigenvalue weighted by Gasteiger charge is -2.45. The van der Waals surface area contributed by atoms with Crippen LogP contribution in [-0.4, -0.2) is 22.6 Å². The Labute approximate surface area is 155 Å². The van der Waals surface area contributed by atoms with Gasteiger partial charge in [-0.25, -0.2) is 0 Å². The second kappa shape index (κ2) is 5.29. The number of ether oxygens (including phenoxy) is 1. The Balaban J connectivity index is 1.93. The van der Waals surface area contributed by atoms with E-state index < -0.39 is 26.7 Å². The molecule has 2 heterocycles. The maximum atomic E-state index is 11.6. The molecule has 0 bridgehead atoms. The van der Waals surface area contributed by atoms with Crippen LogP contribution in [0, 0.1) is 20.2 Å². The van der Waals surface area contributed by atoms with Gasteiger partial charge in [-0.15, -0.1) is 0 Å². The molecule has 0 radical (unpaired) electrons. The van der Waals surface area contributed by atoms with Gasteiger partial charge in [-0.2, -0.15) is 0 Å². The average molecular weight is 367 g/mol. The summed E-state index contributed by atoms with van der Waals surface area (Å²) in [4.78, 5) is 23.4. The van der Waals surface area contributed by atoms with Crippen LogP contribution in [0.2, 0.25) is 0 Å². The van der Waals surface area contributed by atoms with E-state index in [1.54, 1.807) is 6.08 Å². The summed E-state index contributed by atoms with van der Waals surface area (Å²) in [6, 6.07) is 10.1. The van der Waals surface area contributed by atoms with E-state index in [1.807, 2.05) is 56.1 Å². The molecule has 0 saturated carbocycles. The second-order valence-electron chi connectivity index (χ2n) is 7.23. The highest BCUT2D eigenvalue weighted by Gasteiger charge is 2.58. The Hall–Kier alpha value is -3.42. The molecule has 0 aliphatic carbocycles. The topological polar surface area (TPSA) is 98.8 Å². The third-order valence-electron chi connectivity index (χ3n) is 5.57. The lowest BCUT2D eigenvalue weighted by Crippen LogP contribution is -2.58. The molecule has 138 valence electrons. The number of para-hydroxylation sites is 1. The minimum atomic E-state index is -0.982. The molecule has 4 rings (SSSR count). The van der Waals surface area contributed by atoms with Crippen LogP contribution >= 0.6 is 0 Å². The Kier molecular flexibility index (Phi) is 3.33. The van der Waals surface area contributed by atoms with Crippen LogP contribution in [0.25, 0.3) is 6.08 Å². The van der Waals surface area contributed by atoms with Crippen molar-refractivity contribution in [3.63, 3.8) is 0 Å². The SMILES string of the molecule is CN1c2ccccc2C(C)(C)[C@@]12C=Cc1cc([N+](=O)[O-])cc([N+](=O)[O-])c1O2. The lowest BCUT2D eigenvalue weighted by molar-refractivity contribution is -0.395. The van der Waals surface area contributed by atoms with E-state index in [1.165, 1.54) is 6.07 Å². The van der Waals surface area contributed by atoms with E-state index in [-0.39, 0.29) is 11.4 Å². The maximum absolute atomic E-state index is 11.6. The standard InChI is InChI=1S/C19H17N3O5/c1-18(2)14-6-4-5-7-15(14)20(3)19(18)9-8-12-10-13(21(23)24)11-16(22(25)26)17(12)27-19/h4-11H,1-3H3/t19-/m0/s1. The Bertz CT molecular complexity index is 1030. The van der Waals surface area contributed by atoms with Gasteiger partial charge >= 0.3 is 5.69 Å². The van der Waals surface area contributed by atoms with Crippen LogP contribution in [0.4, 0.5) is 17.1 Å². The van der Waals surface area contributed by atoms with Crippen LogP contribution in [0.15, 0.2) is 42.5 Å². The summed E-state index contributed by atoms with van der Waals surface area (Å²) in [5.74, 6) is 0.0424. The van der Waals surface area contributed by atoms with Crippen molar-refractivity contribution in [2.45, 2.75) is 25.0 Å². The molecule has 0 fully saturated rings. The van der Waals surface area contributed by atoms with Gasteiger partial charge in [-0.1, -0.05) is 18.2 Å². The molecule has 1 atom stereocenters. The highest BCUT2D eigenvalue weighted by Crippen LogP contribution is 2.55. The summed E-state index contributed by atoms with van der Waals surface area (Å²) in [6.45, 7) is 4.03. The zero-order chi connectivity index (χ0) is 19.6. The van der Waals surface area contributed by atoms with Crippen LogP contribution in [0.5, 0.6) is 5.75 Å². The smallest absolute Gasteiger partial charge is 0.318 e. The molecule has 2 aliphatic rings. The largest absolute Gasteiger partial charge is 0.456 e. The van der Waals surface area contributed by atoms with E-state index in [0.29, 0.717) is 5.56 Å². The molecule has 2 aromatic rings. The number of likely N-dealkylation sites (N-methyl/N-ethyl adjacent to an activating group) is 1. The molecular weight excluding hydrogens is 350 g/mol. The summed E-state index contributed by atoms with van der Waals surface area (Å²) in [7, 11) is 1.88. The second-order valence-corrected chi connectivity index (χ2v) is 7.23. The summed E-state index contributed by atoms with van der Waals surface area (Å²) < 4.78 is 6.29. The molecular formula is C19H17N3O5. The summed E-state index contributed by atoms with van der Waals surface area (Å²) >= 11 is 0. The predicted molar refractivity (Wildman–Crippen MR) is 100 cm³/mol. The number of fused-ring (bicyclic) bond motifs is 2. The molecule has 0 amide bonds. The van der Waals surface area contributed by atoms with Gasteiger partial charge in [0.1, 0.15) is 0 Å². The van der Waals surface area contributed by atoms with Crippen molar-refractivity contribution < 1.29 is 14.6 Å². The van der Waals surface area contributed by atoms with E-state index >= 15 is 0 Å². The number of rotatable bonds is 2. The minimum Gasteiger partial charge on any atom is -0.456 e. The third-order valence-corrected chi connectivity index (χ3v) is 5.57. The van der Waals surface area contributed by atoms with Crippen molar-refractivity contribution in [3.05, 3.63) is 73.8 Å². The van der Waals surface area contributed by atoms with Gasteiger partial charge < -0.3 is 9.64 Å². The molecule has 2 aliphatic heterocycles. The molecule has 27 heavy (non-hydrogen) atoms. The number of anilines is 1. The fourth-order valence-electron chi connectivity index (χ4n) is 4.09. The first-order valence-corrected chi connectivity index (χ1v) is 8.37. The Morgan fingerprint density at radius 2 is 1.78 bits per heavy atom. The first-order valence-electron chi connectivity index (χ1n) is 8.37. The van der Waals surface area contributed by atoms with Gasteiger partial charge in [0.15, 0.2) is 0 Å². The number of nitrogens with zero attached hydrogens (tertiary/aromatic N) is 3. The normalized spacial score (nSPS) is 21.5. The quantitative estimate of drug-likeness (QED) is 0.587. The summed E-state index contributed by atoms with van der Waals surface area (Å²) in [5, 5.41) is 22.7. The van der Waals surface area contributed by atoms with Crippen molar-refractivity contribution in [1.29, 1.82) is 0 Å². The highest BCUT2D eigenvalue weighted by atomic mass is 16.6. The fraction of sp³-hybridized carbons (Fsp3) is 0.263. The van der Waals surface area contributed by atoms with E-state index in [4.69, 9.17) is 4.74 Å². The Morgan fingerprint density at radius 3 is 2.41 bits per heavy atom. The van der Waals surface area contributed by atoms with Gasteiger partial charge in [0, 0.05) is 24.4 Å². The number of nitro groups is 2. The lowest BCUT2D eigenvalue weighted by atomic mass is 9.76. The zero-order valence-corrected chi connectivity index (χ0v) is 15.0. The molecule has 8 nitrogen and oxygen atoms in total. The van der Waals surface area contributed by atoms with Crippen molar-refractivity contribution in [3.8, 4) is 5.75 Å². The number of benzene rings is 2. The van der Waals surface area contributed by atoms with Crippen LogP contribution in [0.3, 0.4) is 0 Å². The molecule has 0 N–H and O–H groups in total. The molecule has 0 aromatic heterocycles. The average Bonchev–Trinajstić information content (AvgIpc) is 2.80. The van der Waals surface area contributed by atoms with Crippen LogP contribution in [0.1, 0.15) is 25.0 Å². The number of hydrogen-bond donors (Lipinski definition) is 0. The fourth-order valence-corrected chi connectivity index (χ4v) is 4.09. The van der Waals surface area contributed by atoms with Gasteiger partial charge in [0.2, 0.25) is 11.5 Å². The van der Waals surface area contributed by atoms with Crippen molar-refractivity contribution in [1.82, 2.24) is 0 Å². The molecule has 0 saturated heterocycles. The van der Waals surface area contributed by atoms with E-state index in [9.17, 15) is 20.2 Å².